The summed E-state index contributed by atoms with van der Waals surface area (Å²) in [5.41, 5.74) is 4.00. The molecule has 3 aromatic rings. The number of hydrogen-bond acceptors (Lipinski definition) is 4. The molecule has 5 heteroatoms. The number of rotatable bonds is 4. The first-order valence-electron chi connectivity index (χ1n) is 8.96. The molecule has 4 rings (SSSR count). The lowest BCUT2D eigenvalue weighted by atomic mass is 10.00. The lowest BCUT2D eigenvalue weighted by Gasteiger charge is -2.29. The van der Waals surface area contributed by atoms with Crippen LogP contribution in [0.4, 0.5) is 11.5 Å². The van der Waals surface area contributed by atoms with Gasteiger partial charge in [0, 0.05) is 25.0 Å². The fourth-order valence-electron chi connectivity index (χ4n) is 3.28. The van der Waals surface area contributed by atoms with Crippen LogP contribution in [-0.2, 0) is 13.0 Å². The summed E-state index contributed by atoms with van der Waals surface area (Å²) < 4.78 is 5.12. The van der Waals surface area contributed by atoms with Gasteiger partial charge in [-0.05, 0) is 53.9 Å². The van der Waals surface area contributed by atoms with E-state index in [0.29, 0.717) is 5.56 Å². The van der Waals surface area contributed by atoms with Crippen molar-refractivity contribution in [3.63, 3.8) is 0 Å². The third-order valence-corrected chi connectivity index (χ3v) is 4.81. The van der Waals surface area contributed by atoms with Crippen LogP contribution >= 0.6 is 0 Å². The highest BCUT2D eigenvalue weighted by Crippen LogP contribution is 2.23. The predicted octanol–water partition coefficient (Wildman–Crippen LogP) is 3.91. The van der Waals surface area contributed by atoms with Gasteiger partial charge in [0.2, 0.25) is 0 Å². The Morgan fingerprint density at radius 3 is 2.52 bits per heavy atom. The van der Waals surface area contributed by atoms with Crippen LogP contribution < -0.4 is 15.0 Å². The Balaban J connectivity index is 1.43. The fraction of sp³-hybridized carbons (Fsp3) is 0.182. The maximum atomic E-state index is 12.4. The third-order valence-electron chi connectivity index (χ3n) is 4.81. The predicted molar refractivity (Wildman–Crippen MR) is 106 cm³/mol. The molecular weight excluding hydrogens is 338 g/mol. The van der Waals surface area contributed by atoms with E-state index in [0.717, 1.165) is 36.8 Å². The summed E-state index contributed by atoms with van der Waals surface area (Å²) in [6, 6.07) is 19.5. The number of benzene rings is 2. The molecule has 136 valence electrons. The Labute approximate surface area is 158 Å². The van der Waals surface area contributed by atoms with Crippen molar-refractivity contribution in [3.8, 4) is 5.75 Å². The van der Waals surface area contributed by atoms with Gasteiger partial charge in [-0.2, -0.15) is 0 Å². The highest BCUT2D eigenvalue weighted by Gasteiger charge is 2.17. The summed E-state index contributed by atoms with van der Waals surface area (Å²) >= 11 is 0. The molecule has 0 aliphatic carbocycles. The third kappa shape index (κ3) is 3.77. The molecule has 1 aliphatic heterocycles. The number of carbonyl (C=O) groups is 1. The molecule has 0 saturated heterocycles. The number of methoxy groups -OCH3 is 1. The molecule has 1 aromatic heterocycles. The Morgan fingerprint density at radius 2 is 1.81 bits per heavy atom. The zero-order valence-electron chi connectivity index (χ0n) is 15.2. The van der Waals surface area contributed by atoms with Gasteiger partial charge < -0.3 is 15.0 Å². The first-order valence-corrected chi connectivity index (χ1v) is 8.96. The molecule has 0 unspecified atom stereocenters. The van der Waals surface area contributed by atoms with Gasteiger partial charge in [-0.15, -0.1) is 0 Å². The first-order chi connectivity index (χ1) is 13.2. The zero-order valence-corrected chi connectivity index (χ0v) is 15.2. The zero-order chi connectivity index (χ0) is 18.6. The SMILES string of the molecule is COc1ccc(NC(=O)c2ccc(N3CCc4ccccc4C3)nc2)cc1. The van der Waals surface area contributed by atoms with Gasteiger partial charge in [-0.25, -0.2) is 4.98 Å². The van der Waals surface area contributed by atoms with E-state index >= 15 is 0 Å². The molecule has 1 aliphatic rings. The van der Waals surface area contributed by atoms with Crippen molar-refractivity contribution in [1.29, 1.82) is 0 Å². The Morgan fingerprint density at radius 1 is 1.04 bits per heavy atom. The number of aromatic nitrogens is 1. The van der Waals surface area contributed by atoms with Crippen molar-refractivity contribution in [2.75, 3.05) is 23.9 Å². The second kappa shape index (κ2) is 7.50. The lowest BCUT2D eigenvalue weighted by molar-refractivity contribution is 0.102. The van der Waals surface area contributed by atoms with Crippen molar-refractivity contribution in [1.82, 2.24) is 4.98 Å². The summed E-state index contributed by atoms with van der Waals surface area (Å²) in [5.74, 6) is 1.47. The number of pyridine rings is 1. The summed E-state index contributed by atoms with van der Waals surface area (Å²) in [6.07, 6.45) is 2.65. The van der Waals surface area contributed by atoms with Crippen molar-refractivity contribution < 1.29 is 9.53 Å². The van der Waals surface area contributed by atoms with E-state index in [1.807, 2.05) is 36.4 Å². The van der Waals surface area contributed by atoms with Crippen LogP contribution in [0.25, 0.3) is 0 Å². The molecule has 0 radical (unpaired) electrons. The number of ether oxygens (including phenoxy) is 1. The standard InChI is InChI=1S/C22H21N3O2/c1-27-20-9-7-19(8-10-20)24-22(26)17-6-11-21(23-14-17)25-13-12-16-4-2-3-5-18(16)15-25/h2-11,14H,12-13,15H2,1H3,(H,24,26). The number of nitrogens with zero attached hydrogens (tertiary/aromatic N) is 2. The van der Waals surface area contributed by atoms with Gasteiger partial charge in [0.25, 0.3) is 5.91 Å². The number of anilines is 2. The van der Waals surface area contributed by atoms with Gasteiger partial charge in [-0.1, -0.05) is 24.3 Å². The van der Waals surface area contributed by atoms with Crippen LogP contribution in [0, 0.1) is 0 Å². The second-order valence-electron chi connectivity index (χ2n) is 6.53. The Hall–Kier alpha value is -3.34. The van der Waals surface area contributed by atoms with Crippen LogP contribution in [0.3, 0.4) is 0 Å². The first kappa shape index (κ1) is 17.1. The van der Waals surface area contributed by atoms with Gasteiger partial charge in [0.15, 0.2) is 0 Å². The topological polar surface area (TPSA) is 54.5 Å². The molecule has 2 aromatic carbocycles. The normalized spacial score (nSPS) is 13.0. The van der Waals surface area contributed by atoms with Crippen LogP contribution in [0.1, 0.15) is 21.5 Å². The van der Waals surface area contributed by atoms with Crippen LogP contribution in [0.2, 0.25) is 0 Å². The molecular formula is C22H21N3O2. The minimum atomic E-state index is -0.178. The number of fused-ring (bicyclic) bond motifs is 1. The number of nitrogens with one attached hydrogen (secondary N) is 1. The van der Waals surface area contributed by atoms with Crippen molar-refractivity contribution in [2.45, 2.75) is 13.0 Å². The quantitative estimate of drug-likeness (QED) is 0.767. The van der Waals surface area contributed by atoms with Crippen molar-refractivity contribution in [2.24, 2.45) is 0 Å². The van der Waals surface area contributed by atoms with E-state index in [-0.39, 0.29) is 5.91 Å². The van der Waals surface area contributed by atoms with Crippen LogP contribution in [0.15, 0.2) is 66.9 Å². The molecule has 0 atom stereocenters. The number of carbonyl (C=O) groups excluding carboxylic acids is 1. The molecule has 27 heavy (non-hydrogen) atoms. The number of hydrogen-bond donors (Lipinski definition) is 1. The summed E-state index contributed by atoms with van der Waals surface area (Å²) in [4.78, 5) is 19.2. The average molecular weight is 359 g/mol. The van der Waals surface area contributed by atoms with Crippen molar-refractivity contribution in [3.05, 3.63) is 83.6 Å². The summed E-state index contributed by atoms with van der Waals surface area (Å²) in [6.45, 7) is 1.78. The highest BCUT2D eigenvalue weighted by atomic mass is 16.5. The van der Waals surface area contributed by atoms with Gasteiger partial charge in [0.1, 0.15) is 11.6 Å². The van der Waals surface area contributed by atoms with Gasteiger partial charge in [0.05, 0.1) is 12.7 Å². The Bertz CT molecular complexity index is 937. The van der Waals surface area contributed by atoms with E-state index in [1.54, 1.807) is 13.3 Å². The molecule has 1 amide bonds. The van der Waals surface area contributed by atoms with E-state index in [1.165, 1.54) is 11.1 Å². The van der Waals surface area contributed by atoms with E-state index in [4.69, 9.17) is 4.74 Å². The molecule has 0 fully saturated rings. The Kier molecular flexibility index (Phi) is 4.75. The average Bonchev–Trinajstić information content (AvgIpc) is 2.74. The molecule has 2 heterocycles. The molecule has 5 nitrogen and oxygen atoms in total. The largest absolute Gasteiger partial charge is 0.497 e. The smallest absolute Gasteiger partial charge is 0.257 e. The number of amides is 1. The van der Waals surface area contributed by atoms with E-state index in [9.17, 15) is 4.79 Å². The highest BCUT2D eigenvalue weighted by molar-refractivity contribution is 6.04. The fourth-order valence-corrected chi connectivity index (χ4v) is 3.28. The van der Waals surface area contributed by atoms with Gasteiger partial charge >= 0.3 is 0 Å². The van der Waals surface area contributed by atoms with Crippen LogP contribution in [-0.4, -0.2) is 24.5 Å². The summed E-state index contributed by atoms with van der Waals surface area (Å²) in [7, 11) is 1.61. The lowest BCUT2D eigenvalue weighted by Crippen LogP contribution is -2.31. The maximum absolute atomic E-state index is 12.4. The molecule has 0 saturated carbocycles. The second-order valence-corrected chi connectivity index (χ2v) is 6.53. The van der Waals surface area contributed by atoms with E-state index < -0.39 is 0 Å². The monoisotopic (exact) mass is 359 g/mol. The summed E-state index contributed by atoms with van der Waals surface area (Å²) in [5, 5.41) is 2.87. The molecule has 0 spiro atoms. The minimum absolute atomic E-state index is 0.178. The maximum Gasteiger partial charge on any atom is 0.257 e. The van der Waals surface area contributed by atoms with E-state index in [2.05, 4.69) is 39.5 Å². The van der Waals surface area contributed by atoms with Crippen molar-refractivity contribution >= 4 is 17.4 Å². The van der Waals surface area contributed by atoms with Gasteiger partial charge in [-0.3, -0.25) is 4.79 Å². The molecule has 0 bridgehead atoms. The minimum Gasteiger partial charge on any atom is -0.497 e. The molecule has 1 N–H and O–H groups in total. The van der Waals surface area contributed by atoms with Crippen LogP contribution in [0.5, 0.6) is 5.75 Å².